The lowest BCUT2D eigenvalue weighted by atomic mass is 10.1. The van der Waals surface area contributed by atoms with Crippen molar-refractivity contribution < 1.29 is 19.1 Å². The average molecular weight is 426 g/mol. The van der Waals surface area contributed by atoms with Crippen molar-refractivity contribution in [1.82, 2.24) is 4.90 Å². The number of imide groups is 1. The van der Waals surface area contributed by atoms with E-state index in [1.54, 1.807) is 13.2 Å². The molecule has 6 heteroatoms. The number of nitrogens with zero attached hydrogens (tertiary/aromatic N) is 1. The smallest absolute Gasteiger partial charge is 0.293 e. The van der Waals surface area contributed by atoms with Crippen molar-refractivity contribution in [2.75, 3.05) is 13.7 Å². The van der Waals surface area contributed by atoms with Gasteiger partial charge in [0.15, 0.2) is 11.5 Å². The molecule has 2 aromatic rings. The van der Waals surface area contributed by atoms with E-state index in [9.17, 15) is 9.59 Å². The van der Waals surface area contributed by atoms with Gasteiger partial charge in [-0.25, -0.2) is 0 Å². The highest BCUT2D eigenvalue weighted by Crippen LogP contribution is 2.35. The second-order valence-electron chi connectivity index (χ2n) is 7.17. The Balaban J connectivity index is 1.67. The van der Waals surface area contributed by atoms with Gasteiger partial charge in [0.2, 0.25) is 0 Å². The first kappa shape index (κ1) is 22.0. The summed E-state index contributed by atoms with van der Waals surface area (Å²) in [5.41, 5.74) is 1.99. The standard InChI is InChI=1S/C24H27NO4S/c1-4-17(2)29-20-13-12-19(15-21(20)28-3)16-22-23(26)25(24(27)30-22)14-8-11-18-9-6-5-7-10-18/h5-7,9-10,12-13,15-17H,4,8,11,14H2,1-3H3/b22-16+/t17-/m1/s1. The van der Waals surface area contributed by atoms with Crippen LogP contribution in [0.5, 0.6) is 11.5 Å². The fraction of sp³-hybridized carbons (Fsp3) is 0.333. The second-order valence-corrected chi connectivity index (χ2v) is 8.16. The number of carbonyl (C=O) groups excluding carboxylic acids is 2. The van der Waals surface area contributed by atoms with Gasteiger partial charge in [0.05, 0.1) is 18.1 Å². The van der Waals surface area contributed by atoms with E-state index >= 15 is 0 Å². The zero-order valence-electron chi connectivity index (χ0n) is 17.6. The number of amides is 2. The van der Waals surface area contributed by atoms with Gasteiger partial charge in [-0.3, -0.25) is 14.5 Å². The largest absolute Gasteiger partial charge is 0.493 e. The molecule has 3 rings (SSSR count). The summed E-state index contributed by atoms with van der Waals surface area (Å²) >= 11 is 0.981. The number of ether oxygens (including phenoxy) is 2. The summed E-state index contributed by atoms with van der Waals surface area (Å²) in [6, 6.07) is 15.6. The van der Waals surface area contributed by atoms with Crippen LogP contribution in [0.3, 0.4) is 0 Å². The van der Waals surface area contributed by atoms with E-state index in [0.717, 1.165) is 36.6 Å². The lowest BCUT2D eigenvalue weighted by Gasteiger charge is -2.15. The van der Waals surface area contributed by atoms with Crippen molar-refractivity contribution in [1.29, 1.82) is 0 Å². The summed E-state index contributed by atoms with van der Waals surface area (Å²) in [5, 5.41) is -0.219. The van der Waals surface area contributed by atoms with E-state index in [1.807, 2.05) is 43.3 Å². The molecule has 1 saturated heterocycles. The molecule has 0 aromatic heterocycles. The molecule has 5 nitrogen and oxygen atoms in total. The van der Waals surface area contributed by atoms with Crippen molar-refractivity contribution in [3.8, 4) is 11.5 Å². The van der Waals surface area contributed by atoms with Gasteiger partial charge < -0.3 is 9.47 Å². The van der Waals surface area contributed by atoms with Crippen LogP contribution in [-0.4, -0.2) is 35.8 Å². The highest BCUT2D eigenvalue weighted by Gasteiger charge is 2.34. The molecule has 0 aliphatic carbocycles. The number of hydrogen-bond acceptors (Lipinski definition) is 5. The maximum absolute atomic E-state index is 12.7. The van der Waals surface area contributed by atoms with Gasteiger partial charge in [-0.15, -0.1) is 0 Å². The Kier molecular flexibility index (Phi) is 7.57. The second kappa shape index (κ2) is 10.3. The summed E-state index contributed by atoms with van der Waals surface area (Å²) in [6.45, 7) is 4.48. The lowest BCUT2D eigenvalue weighted by molar-refractivity contribution is -0.122. The predicted octanol–water partition coefficient (Wildman–Crippen LogP) is 5.54. The van der Waals surface area contributed by atoms with Crippen LogP contribution in [0.15, 0.2) is 53.4 Å². The Morgan fingerprint density at radius 2 is 1.87 bits per heavy atom. The number of thioether (sulfide) groups is 1. The number of methoxy groups -OCH3 is 1. The third-order valence-corrected chi connectivity index (χ3v) is 5.86. The van der Waals surface area contributed by atoms with Crippen LogP contribution in [0.1, 0.15) is 37.8 Å². The van der Waals surface area contributed by atoms with Gasteiger partial charge >= 0.3 is 0 Å². The minimum atomic E-state index is -0.239. The first-order chi connectivity index (χ1) is 14.5. The summed E-state index contributed by atoms with van der Waals surface area (Å²) in [5.74, 6) is 1.03. The molecule has 0 radical (unpaired) electrons. The molecular weight excluding hydrogens is 398 g/mol. The molecule has 0 N–H and O–H groups in total. The highest BCUT2D eigenvalue weighted by molar-refractivity contribution is 8.18. The molecule has 2 amide bonds. The Hall–Kier alpha value is -2.73. The maximum Gasteiger partial charge on any atom is 0.293 e. The number of rotatable bonds is 9. The van der Waals surface area contributed by atoms with Gasteiger partial charge in [0.1, 0.15) is 0 Å². The zero-order chi connectivity index (χ0) is 21.5. The third kappa shape index (κ3) is 5.45. The molecule has 30 heavy (non-hydrogen) atoms. The predicted molar refractivity (Wildman–Crippen MR) is 121 cm³/mol. The van der Waals surface area contributed by atoms with Crippen molar-refractivity contribution in [2.45, 2.75) is 39.2 Å². The molecule has 0 spiro atoms. The molecule has 1 atom stereocenters. The monoisotopic (exact) mass is 425 g/mol. The fourth-order valence-electron chi connectivity index (χ4n) is 3.10. The van der Waals surface area contributed by atoms with Gasteiger partial charge in [0.25, 0.3) is 11.1 Å². The van der Waals surface area contributed by atoms with E-state index in [-0.39, 0.29) is 17.3 Å². The van der Waals surface area contributed by atoms with Gasteiger partial charge in [-0.05, 0) is 67.3 Å². The number of benzene rings is 2. The fourth-order valence-corrected chi connectivity index (χ4v) is 3.97. The number of hydrogen-bond donors (Lipinski definition) is 0. The van der Waals surface area contributed by atoms with Crippen LogP contribution >= 0.6 is 11.8 Å². The van der Waals surface area contributed by atoms with Gasteiger partial charge in [-0.2, -0.15) is 0 Å². The quantitative estimate of drug-likeness (QED) is 0.494. The van der Waals surface area contributed by atoms with Crippen LogP contribution in [0.2, 0.25) is 0 Å². The molecule has 1 aliphatic rings. The Morgan fingerprint density at radius 3 is 2.57 bits per heavy atom. The Labute approximate surface area is 182 Å². The molecular formula is C24H27NO4S. The molecule has 0 saturated carbocycles. The number of carbonyl (C=O) groups is 2. The first-order valence-electron chi connectivity index (χ1n) is 10.2. The molecule has 1 aliphatic heterocycles. The van der Waals surface area contributed by atoms with E-state index in [1.165, 1.54) is 10.5 Å². The molecule has 1 heterocycles. The van der Waals surface area contributed by atoms with E-state index in [4.69, 9.17) is 9.47 Å². The molecule has 2 aromatic carbocycles. The topological polar surface area (TPSA) is 55.8 Å². The lowest BCUT2D eigenvalue weighted by Crippen LogP contribution is -2.29. The zero-order valence-corrected chi connectivity index (χ0v) is 18.4. The summed E-state index contributed by atoms with van der Waals surface area (Å²) in [6.07, 6.45) is 4.28. The van der Waals surface area contributed by atoms with Crippen molar-refractivity contribution in [2.24, 2.45) is 0 Å². The van der Waals surface area contributed by atoms with Crippen LogP contribution < -0.4 is 9.47 Å². The summed E-state index contributed by atoms with van der Waals surface area (Å²) in [4.78, 5) is 26.8. The summed E-state index contributed by atoms with van der Waals surface area (Å²) < 4.78 is 11.3. The molecule has 0 unspecified atom stereocenters. The first-order valence-corrected chi connectivity index (χ1v) is 11.0. The minimum Gasteiger partial charge on any atom is -0.493 e. The summed E-state index contributed by atoms with van der Waals surface area (Å²) in [7, 11) is 1.59. The maximum atomic E-state index is 12.7. The van der Waals surface area contributed by atoms with Gasteiger partial charge in [-0.1, -0.05) is 43.3 Å². The van der Waals surface area contributed by atoms with Crippen LogP contribution in [0.4, 0.5) is 4.79 Å². The average Bonchev–Trinajstić information content (AvgIpc) is 3.02. The van der Waals surface area contributed by atoms with Crippen LogP contribution in [-0.2, 0) is 11.2 Å². The normalized spacial score (nSPS) is 16.2. The Morgan fingerprint density at radius 1 is 1.10 bits per heavy atom. The van der Waals surface area contributed by atoms with E-state index < -0.39 is 0 Å². The SMILES string of the molecule is CC[C@@H](C)Oc1ccc(/C=C2/SC(=O)N(CCCc3ccccc3)C2=O)cc1OC. The van der Waals surface area contributed by atoms with E-state index in [2.05, 4.69) is 19.1 Å². The molecule has 158 valence electrons. The minimum absolute atomic E-state index is 0.0807. The van der Waals surface area contributed by atoms with Crippen LogP contribution in [0, 0.1) is 0 Å². The highest BCUT2D eigenvalue weighted by atomic mass is 32.2. The Bertz CT molecular complexity index is 926. The van der Waals surface area contributed by atoms with Crippen molar-refractivity contribution >= 4 is 29.0 Å². The van der Waals surface area contributed by atoms with Crippen LogP contribution in [0.25, 0.3) is 6.08 Å². The third-order valence-electron chi connectivity index (χ3n) is 4.95. The van der Waals surface area contributed by atoms with Crippen molar-refractivity contribution in [3.05, 3.63) is 64.6 Å². The number of aryl methyl sites for hydroxylation is 1. The van der Waals surface area contributed by atoms with E-state index in [0.29, 0.717) is 22.9 Å². The van der Waals surface area contributed by atoms with Crippen molar-refractivity contribution in [3.63, 3.8) is 0 Å². The molecule has 0 bridgehead atoms. The van der Waals surface area contributed by atoms with Gasteiger partial charge in [0, 0.05) is 6.54 Å². The molecule has 1 fully saturated rings.